The third-order valence-electron chi connectivity index (χ3n) is 1.01. The first-order valence-corrected chi connectivity index (χ1v) is 3.39. The van der Waals surface area contributed by atoms with Crippen LogP contribution in [0.4, 0.5) is 4.79 Å². The van der Waals surface area contributed by atoms with Gasteiger partial charge in [-0.2, -0.15) is 0 Å². The molecule has 0 aliphatic carbocycles. The highest BCUT2D eigenvalue weighted by molar-refractivity contribution is 6.30. The number of hydrogen-bond acceptors (Lipinski definition) is 3. The molecular formula is C7H5ClO4. The Morgan fingerprint density at radius 3 is 2.83 bits per heavy atom. The van der Waals surface area contributed by atoms with E-state index in [1.165, 1.54) is 12.1 Å². The smallest absolute Gasteiger partial charge is 0.447 e. The fourth-order valence-corrected chi connectivity index (χ4v) is 0.783. The van der Waals surface area contributed by atoms with E-state index in [1.807, 2.05) is 0 Å². The average molecular weight is 189 g/mol. The molecule has 1 aromatic carbocycles. The zero-order valence-corrected chi connectivity index (χ0v) is 6.62. The van der Waals surface area contributed by atoms with Crippen LogP contribution in [0.3, 0.4) is 0 Å². The summed E-state index contributed by atoms with van der Waals surface area (Å²) in [4.78, 5) is 18.1. The predicted molar refractivity (Wildman–Crippen MR) is 41.2 cm³/mol. The number of carboxylic acid groups (broad SMARTS) is 1. The summed E-state index contributed by atoms with van der Waals surface area (Å²) in [6, 6.07) is 6.21. The van der Waals surface area contributed by atoms with E-state index >= 15 is 0 Å². The van der Waals surface area contributed by atoms with Crippen LogP contribution in [-0.2, 0) is 4.89 Å². The second-order valence-electron chi connectivity index (χ2n) is 1.89. The minimum atomic E-state index is -1.50. The third kappa shape index (κ3) is 2.67. The maximum atomic E-state index is 9.88. The number of carbonyl (C=O) groups is 1. The van der Waals surface area contributed by atoms with Gasteiger partial charge in [0.25, 0.3) is 0 Å². The van der Waals surface area contributed by atoms with Gasteiger partial charge in [-0.1, -0.05) is 17.7 Å². The van der Waals surface area contributed by atoms with Crippen molar-refractivity contribution in [2.45, 2.75) is 0 Å². The summed E-state index contributed by atoms with van der Waals surface area (Å²) in [5.74, 6) is 0.241. The Hall–Kier alpha value is -1.42. The molecular weight excluding hydrogens is 184 g/mol. The molecule has 1 rings (SSSR count). The third-order valence-corrected chi connectivity index (χ3v) is 1.24. The van der Waals surface area contributed by atoms with Crippen LogP contribution in [0.2, 0.25) is 5.02 Å². The van der Waals surface area contributed by atoms with E-state index in [0.29, 0.717) is 5.02 Å². The first kappa shape index (κ1) is 8.67. The molecule has 0 atom stereocenters. The van der Waals surface area contributed by atoms with Gasteiger partial charge in [0.2, 0.25) is 0 Å². The summed E-state index contributed by atoms with van der Waals surface area (Å²) in [5, 5.41) is 8.51. The van der Waals surface area contributed by atoms with Crippen LogP contribution in [0.25, 0.3) is 0 Å². The molecule has 1 N–H and O–H groups in total. The largest absolute Gasteiger partial charge is 0.547 e. The standard InChI is InChI=1S/C7H5ClO4/c8-5-2-1-3-6(4-5)11-12-7(9)10/h1-4H,(H,9,10). The predicted octanol–water partition coefficient (Wildman–Crippen LogP) is 2.33. The SMILES string of the molecule is O=C(O)OOc1cccc(Cl)c1. The van der Waals surface area contributed by atoms with Crippen LogP contribution in [0.1, 0.15) is 0 Å². The second kappa shape index (κ2) is 3.82. The lowest BCUT2D eigenvalue weighted by Gasteiger charge is -1.99. The Labute approximate surface area is 73.2 Å². The molecule has 0 aliphatic rings. The van der Waals surface area contributed by atoms with Gasteiger partial charge in [0.15, 0.2) is 5.75 Å². The molecule has 0 aliphatic heterocycles. The van der Waals surface area contributed by atoms with Crippen molar-refractivity contribution in [1.29, 1.82) is 0 Å². The van der Waals surface area contributed by atoms with E-state index in [9.17, 15) is 4.79 Å². The molecule has 1 aromatic rings. The Bertz CT molecular complexity index is 286. The molecule has 0 fully saturated rings. The minimum absolute atomic E-state index is 0.241. The average Bonchev–Trinajstić information content (AvgIpc) is 2.01. The van der Waals surface area contributed by atoms with E-state index in [4.69, 9.17) is 16.7 Å². The molecule has 12 heavy (non-hydrogen) atoms. The molecule has 0 amide bonds. The lowest BCUT2D eigenvalue weighted by atomic mass is 10.3. The van der Waals surface area contributed by atoms with E-state index in [-0.39, 0.29) is 5.75 Å². The van der Waals surface area contributed by atoms with Crippen molar-refractivity contribution in [2.24, 2.45) is 0 Å². The van der Waals surface area contributed by atoms with Crippen molar-refractivity contribution in [1.82, 2.24) is 0 Å². The summed E-state index contributed by atoms with van der Waals surface area (Å²) in [5.41, 5.74) is 0. The van der Waals surface area contributed by atoms with Crippen molar-refractivity contribution in [3.05, 3.63) is 29.3 Å². The molecule has 0 saturated heterocycles. The lowest BCUT2D eigenvalue weighted by molar-refractivity contribution is -0.161. The second-order valence-corrected chi connectivity index (χ2v) is 2.33. The summed E-state index contributed by atoms with van der Waals surface area (Å²) in [6.07, 6.45) is -1.50. The van der Waals surface area contributed by atoms with Crippen molar-refractivity contribution in [3.8, 4) is 5.75 Å². The minimum Gasteiger partial charge on any atom is -0.447 e. The summed E-state index contributed by atoms with van der Waals surface area (Å²) >= 11 is 5.58. The number of halogens is 1. The van der Waals surface area contributed by atoms with Crippen molar-refractivity contribution >= 4 is 17.8 Å². The van der Waals surface area contributed by atoms with E-state index in [1.54, 1.807) is 12.1 Å². The highest BCUT2D eigenvalue weighted by Crippen LogP contribution is 2.16. The highest BCUT2D eigenvalue weighted by Gasteiger charge is 2.00. The van der Waals surface area contributed by atoms with E-state index in [2.05, 4.69) is 9.78 Å². The molecule has 0 saturated carbocycles. The highest BCUT2D eigenvalue weighted by atomic mass is 35.5. The number of hydrogen-bond donors (Lipinski definition) is 1. The van der Waals surface area contributed by atoms with Crippen LogP contribution in [0.15, 0.2) is 24.3 Å². The van der Waals surface area contributed by atoms with Gasteiger partial charge in [-0.3, -0.25) is 4.89 Å². The van der Waals surface area contributed by atoms with Crippen LogP contribution in [0.5, 0.6) is 5.75 Å². The molecule has 0 heterocycles. The van der Waals surface area contributed by atoms with Gasteiger partial charge < -0.3 is 5.11 Å². The summed E-state index contributed by atoms with van der Waals surface area (Å²) < 4.78 is 0. The fraction of sp³-hybridized carbons (Fsp3) is 0. The Morgan fingerprint density at radius 1 is 1.50 bits per heavy atom. The van der Waals surface area contributed by atoms with Crippen LogP contribution >= 0.6 is 11.6 Å². The van der Waals surface area contributed by atoms with Gasteiger partial charge in [-0.15, -0.1) is 0 Å². The fourth-order valence-electron chi connectivity index (χ4n) is 0.603. The maximum Gasteiger partial charge on any atom is 0.547 e. The summed E-state index contributed by atoms with van der Waals surface area (Å²) in [6.45, 7) is 0. The lowest BCUT2D eigenvalue weighted by Crippen LogP contribution is -2.03. The van der Waals surface area contributed by atoms with Gasteiger partial charge in [0.05, 0.1) is 0 Å². The molecule has 0 aromatic heterocycles. The van der Waals surface area contributed by atoms with Gasteiger partial charge in [0.1, 0.15) is 0 Å². The zero-order valence-electron chi connectivity index (χ0n) is 5.86. The zero-order chi connectivity index (χ0) is 8.97. The molecule has 0 unspecified atom stereocenters. The van der Waals surface area contributed by atoms with Crippen molar-refractivity contribution < 1.29 is 19.7 Å². The van der Waals surface area contributed by atoms with Crippen LogP contribution in [0, 0.1) is 0 Å². The monoisotopic (exact) mass is 188 g/mol. The van der Waals surface area contributed by atoms with E-state index in [0.717, 1.165) is 0 Å². The number of rotatable bonds is 2. The Kier molecular flexibility index (Phi) is 2.76. The topological polar surface area (TPSA) is 55.8 Å². The Balaban J connectivity index is 2.57. The van der Waals surface area contributed by atoms with Crippen LogP contribution in [-0.4, -0.2) is 11.3 Å². The Morgan fingerprint density at radius 2 is 2.25 bits per heavy atom. The van der Waals surface area contributed by atoms with Gasteiger partial charge in [-0.05, 0) is 12.1 Å². The first-order chi connectivity index (χ1) is 5.68. The number of benzene rings is 1. The summed E-state index contributed by atoms with van der Waals surface area (Å²) in [7, 11) is 0. The van der Waals surface area contributed by atoms with Crippen molar-refractivity contribution in [2.75, 3.05) is 0 Å². The normalized spacial score (nSPS) is 9.08. The molecule has 4 nitrogen and oxygen atoms in total. The van der Waals surface area contributed by atoms with Gasteiger partial charge in [0, 0.05) is 11.1 Å². The van der Waals surface area contributed by atoms with Crippen molar-refractivity contribution in [3.63, 3.8) is 0 Å². The van der Waals surface area contributed by atoms with Gasteiger partial charge >= 0.3 is 6.16 Å². The first-order valence-electron chi connectivity index (χ1n) is 3.01. The van der Waals surface area contributed by atoms with Crippen LogP contribution < -0.4 is 4.89 Å². The molecule has 64 valence electrons. The quantitative estimate of drug-likeness (QED) is 0.572. The van der Waals surface area contributed by atoms with E-state index < -0.39 is 6.16 Å². The molecule has 0 bridgehead atoms. The molecule has 0 radical (unpaired) electrons. The maximum absolute atomic E-state index is 9.88. The molecule has 5 heteroatoms. The molecule has 0 spiro atoms. The van der Waals surface area contributed by atoms with Gasteiger partial charge in [-0.25, -0.2) is 9.68 Å².